The molecule has 0 atom stereocenters. The van der Waals surface area contributed by atoms with Gasteiger partial charge in [-0.3, -0.25) is 4.98 Å². The fourth-order valence-electron chi connectivity index (χ4n) is 10.5. The first kappa shape index (κ1) is 33.3. The lowest BCUT2D eigenvalue weighted by molar-refractivity contribution is 0.659. The molecule has 0 amide bonds. The molecule has 4 nitrogen and oxygen atoms in total. The third-order valence-electron chi connectivity index (χ3n) is 13.3. The molecule has 0 saturated carbocycles. The average Bonchev–Trinajstić information content (AvgIpc) is 3.99. The molecule has 0 spiro atoms. The van der Waals surface area contributed by atoms with Crippen LogP contribution in [-0.4, -0.2) is 18.7 Å². The topological polar surface area (TPSA) is 27.7 Å². The molecule has 1 aliphatic rings. The summed E-state index contributed by atoms with van der Waals surface area (Å²) in [4.78, 5) is 4.88. The van der Waals surface area contributed by atoms with Crippen LogP contribution in [0.25, 0.3) is 105 Å². The maximum absolute atomic E-state index is 4.88. The molecule has 4 aromatic heterocycles. The van der Waals surface area contributed by atoms with E-state index in [9.17, 15) is 0 Å². The molecule has 0 aliphatic heterocycles. The van der Waals surface area contributed by atoms with Crippen LogP contribution in [0.5, 0.6) is 0 Å². The van der Waals surface area contributed by atoms with Crippen molar-refractivity contribution in [2.45, 2.75) is 19.3 Å². The zero-order valence-electron chi connectivity index (χ0n) is 33.3. The van der Waals surface area contributed by atoms with Crippen LogP contribution in [0.1, 0.15) is 25.0 Å². The largest absolute Gasteiger partial charge is 0.309 e. The second-order valence-corrected chi connectivity index (χ2v) is 16.8. The third-order valence-corrected chi connectivity index (χ3v) is 13.3. The summed E-state index contributed by atoms with van der Waals surface area (Å²) in [5.74, 6) is 0. The molecule has 0 unspecified atom stereocenters. The zero-order valence-corrected chi connectivity index (χ0v) is 33.3. The van der Waals surface area contributed by atoms with E-state index < -0.39 is 0 Å². The lowest BCUT2D eigenvalue weighted by Gasteiger charge is -2.21. The minimum Gasteiger partial charge on any atom is -0.309 e. The van der Waals surface area contributed by atoms with Gasteiger partial charge in [0.2, 0.25) is 0 Å². The van der Waals surface area contributed by atoms with Gasteiger partial charge in [-0.15, -0.1) is 0 Å². The van der Waals surface area contributed by atoms with Crippen molar-refractivity contribution in [3.63, 3.8) is 0 Å². The van der Waals surface area contributed by atoms with Gasteiger partial charge in [-0.05, 0) is 113 Å². The second kappa shape index (κ2) is 12.2. The summed E-state index contributed by atoms with van der Waals surface area (Å²) in [6, 6.07) is 69.2. The predicted molar refractivity (Wildman–Crippen MR) is 250 cm³/mol. The number of pyridine rings is 1. The van der Waals surface area contributed by atoms with Crippen LogP contribution >= 0.6 is 0 Å². The highest BCUT2D eigenvalue weighted by Gasteiger charge is 2.36. The number of fused-ring (bicyclic) bond motifs is 12. The number of benzene rings is 8. The Hall–Kier alpha value is -7.69. The summed E-state index contributed by atoms with van der Waals surface area (Å²) in [6.45, 7) is 4.62. The first-order chi connectivity index (χ1) is 29.5. The summed E-state index contributed by atoms with van der Waals surface area (Å²) in [5.41, 5.74) is 17.9. The van der Waals surface area contributed by atoms with Gasteiger partial charge in [0.25, 0.3) is 0 Å². The van der Waals surface area contributed by atoms with Gasteiger partial charge in [0.15, 0.2) is 0 Å². The normalized spacial score (nSPS) is 13.3. The first-order valence-electron chi connectivity index (χ1n) is 20.8. The maximum atomic E-state index is 4.88. The van der Waals surface area contributed by atoms with Crippen LogP contribution < -0.4 is 0 Å². The molecule has 282 valence electrons. The summed E-state index contributed by atoms with van der Waals surface area (Å²) >= 11 is 0. The quantitative estimate of drug-likeness (QED) is 0.175. The Morgan fingerprint density at radius 1 is 0.350 bits per heavy atom. The Kier molecular flexibility index (Phi) is 6.75. The van der Waals surface area contributed by atoms with Crippen LogP contribution in [0.3, 0.4) is 0 Å². The molecule has 0 saturated heterocycles. The van der Waals surface area contributed by atoms with Gasteiger partial charge in [-0.2, -0.15) is 0 Å². The number of para-hydroxylation sites is 4. The summed E-state index contributed by atoms with van der Waals surface area (Å²) in [5, 5.41) is 7.47. The smallest absolute Gasteiger partial charge is 0.0746 e. The highest BCUT2D eigenvalue weighted by Crippen LogP contribution is 2.49. The Labute approximate surface area is 346 Å². The molecule has 12 aromatic rings. The van der Waals surface area contributed by atoms with Crippen molar-refractivity contribution in [1.29, 1.82) is 0 Å². The van der Waals surface area contributed by atoms with Gasteiger partial charge < -0.3 is 13.7 Å². The fraction of sp³-hybridized carbons (Fsp3) is 0.0536. The fourth-order valence-corrected chi connectivity index (χ4v) is 10.5. The Balaban J connectivity index is 0.968. The summed E-state index contributed by atoms with van der Waals surface area (Å²) in [7, 11) is 0. The van der Waals surface area contributed by atoms with Gasteiger partial charge in [0, 0.05) is 66.6 Å². The Bertz CT molecular complexity index is 3750. The van der Waals surface area contributed by atoms with E-state index in [-0.39, 0.29) is 5.41 Å². The Morgan fingerprint density at radius 3 is 1.42 bits per heavy atom. The molecule has 0 fully saturated rings. The Morgan fingerprint density at radius 2 is 0.817 bits per heavy atom. The van der Waals surface area contributed by atoms with E-state index in [0.29, 0.717) is 0 Å². The SMILES string of the molecule is CC1(C)c2ccc(-n3c4ccccc4c4cc(-n5c6ccccc6c6cc(-c7ccc8c(c7)c7ccccc7n8-c7ccccc7)ccc65)ccc43)cc2-c2ncccc21. The van der Waals surface area contributed by atoms with Crippen molar-refractivity contribution >= 4 is 65.4 Å². The molecule has 0 bridgehead atoms. The van der Waals surface area contributed by atoms with Gasteiger partial charge in [0.1, 0.15) is 0 Å². The monoisotopic (exact) mass is 766 g/mol. The molecule has 4 heterocycles. The predicted octanol–water partition coefficient (Wildman–Crippen LogP) is 14.3. The lowest BCUT2D eigenvalue weighted by atomic mass is 9.83. The van der Waals surface area contributed by atoms with Crippen molar-refractivity contribution in [2.24, 2.45) is 0 Å². The van der Waals surface area contributed by atoms with E-state index in [0.717, 1.165) is 17.1 Å². The van der Waals surface area contributed by atoms with Crippen LogP contribution in [0.4, 0.5) is 0 Å². The molecule has 0 radical (unpaired) electrons. The second-order valence-electron chi connectivity index (χ2n) is 16.8. The number of hydrogen-bond acceptors (Lipinski definition) is 1. The highest BCUT2D eigenvalue weighted by molar-refractivity contribution is 6.14. The molecule has 13 rings (SSSR count). The van der Waals surface area contributed by atoms with Crippen molar-refractivity contribution in [3.8, 4) is 39.4 Å². The van der Waals surface area contributed by atoms with E-state index in [1.54, 1.807) is 0 Å². The average molecular weight is 767 g/mol. The van der Waals surface area contributed by atoms with Crippen LogP contribution in [0, 0.1) is 0 Å². The molecular formula is C56H38N4. The number of rotatable bonds is 4. The van der Waals surface area contributed by atoms with Crippen molar-refractivity contribution in [1.82, 2.24) is 18.7 Å². The van der Waals surface area contributed by atoms with Crippen molar-refractivity contribution in [3.05, 3.63) is 205 Å². The molecular weight excluding hydrogens is 729 g/mol. The molecule has 60 heavy (non-hydrogen) atoms. The van der Waals surface area contributed by atoms with Crippen LogP contribution in [0.2, 0.25) is 0 Å². The van der Waals surface area contributed by atoms with E-state index in [4.69, 9.17) is 4.98 Å². The van der Waals surface area contributed by atoms with Crippen molar-refractivity contribution in [2.75, 3.05) is 0 Å². The van der Waals surface area contributed by atoms with Gasteiger partial charge in [-0.1, -0.05) is 111 Å². The summed E-state index contributed by atoms with van der Waals surface area (Å²) in [6.07, 6.45) is 1.92. The summed E-state index contributed by atoms with van der Waals surface area (Å²) < 4.78 is 7.24. The van der Waals surface area contributed by atoms with E-state index >= 15 is 0 Å². The standard InChI is InChI=1S/C56H38N4/c1-56(2)47-26-24-38(34-46(47)55-48(56)18-12-30-57-55)59-51-21-11-8-17-42(51)45-33-39(25-29-54(45)59)60-50-20-10-7-16-41(50)44-32-36(23-28-53(44)60)35-22-27-52-43(31-35)40-15-6-9-19-49(40)58(52)37-13-4-3-5-14-37/h3-34H,1-2H3. The zero-order chi connectivity index (χ0) is 39.7. The van der Waals surface area contributed by atoms with Gasteiger partial charge in [0.05, 0.1) is 38.8 Å². The van der Waals surface area contributed by atoms with Gasteiger partial charge in [-0.25, -0.2) is 0 Å². The lowest BCUT2D eigenvalue weighted by Crippen LogP contribution is -2.15. The molecule has 4 heteroatoms. The maximum Gasteiger partial charge on any atom is 0.0746 e. The van der Waals surface area contributed by atoms with E-state index in [1.165, 1.54) is 98.9 Å². The molecule has 1 aliphatic carbocycles. The van der Waals surface area contributed by atoms with E-state index in [2.05, 4.69) is 216 Å². The number of nitrogens with zero attached hydrogens (tertiary/aromatic N) is 4. The molecule has 0 N–H and O–H groups in total. The van der Waals surface area contributed by atoms with Gasteiger partial charge >= 0.3 is 0 Å². The first-order valence-corrected chi connectivity index (χ1v) is 20.8. The van der Waals surface area contributed by atoms with Crippen LogP contribution in [-0.2, 0) is 5.41 Å². The molecule has 8 aromatic carbocycles. The van der Waals surface area contributed by atoms with Crippen LogP contribution in [0.15, 0.2) is 194 Å². The third kappa shape index (κ3) is 4.53. The number of aromatic nitrogens is 4. The minimum atomic E-state index is -0.0892. The van der Waals surface area contributed by atoms with E-state index in [1.807, 2.05) is 6.20 Å². The highest BCUT2D eigenvalue weighted by atomic mass is 15.0. The number of hydrogen-bond donors (Lipinski definition) is 0. The minimum absolute atomic E-state index is 0.0892. The van der Waals surface area contributed by atoms with Crippen molar-refractivity contribution < 1.29 is 0 Å².